The number of nitrogens with two attached hydrogens (primary N) is 1. The lowest BCUT2D eigenvalue weighted by atomic mass is 9.72. The maximum absolute atomic E-state index is 9.25. The third-order valence-electron chi connectivity index (χ3n) is 4.23. The molecule has 0 bridgehead atoms. The lowest BCUT2D eigenvalue weighted by Crippen LogP contribution is -2.50. The molecule has 1 aromatic rings. The molecule has 1 saturated carbocycles. The van der Waals surface area contributed by atoms with E-state index < -0.39 is 0 Å². The predicted molar refractivity (Wildman–Crippen MR) is 66.4 cm³/mol. The van der Waals surface area contributed by atoms with E-state index in [0.29, 0.717) is 5.75 Å². The molecule has 0 amide bonds. The molecular formula is C14H21NO. The standard InChI is InChI=1S/C14H21NO/c1-13(2)8-3-9-14(13,15)10-11-4-6-12(16)7-5-11/h4-7,16H,3,8-10,15H2,1-2H3. The van der Waals surface area contributed by atoms with E-state index in [2.05, 4.69) is 13.8 Å². The molecule has 0 saturated heterocycles. The van der Waals surface area contributed by atoms with Crippen LogP contribution in [0.5, 0.6) is 5.75 Å². The van der Waals surface area contributed by atoms with Gasteiger partial charge in [-0.15, -0.1) is 0 Å². The second kappa shape index (κ2) is 3.77. The molecule has 0 heterocycles. The molecule has 1 aliphatic carbocycles. The molecule has 2 heteroatoms. The van der Waals surface area contributed by atoms with Gasteiger partial charge in [0.25, 0.3) is 0 Å². The summed E-state index contributed by atoms with van der Waals surface area (Å²) in [4.78, 5) is 0. The van der Waals surface area contributed by atoms with Gasteiger partial charge in [0.15, 0.2) is 0 Å². The first kappa shape index (κ1) is 11.5. The summed E-state index contributed by atoms with van der Waals surface area (Å²) >= 11 is 0. The Bertz CT molecular complexity index is 369. The topological polar surface area (TPSA) is 46.2 Å². The summed E-state index contributed by atoms with van der Waals surface area (Å²) in [7, 11) is 0. The highest BCUT2D eigenvalue weighted by atomic mass is 16.3. The highest BCUT2D eigenvalue weighted by Gasteiger charge is 2.45. The number of rotatable bonds is 2. The van der Waals surface area contributed by atoms with Crippen LogP contribution in [0.4, 0.5) is 0 Å². The van der Waals surface area contributed by atoms with Crippen LogP contribution in [0.3, 0.4) is 0 Å². The lowest BCUT2D eigenvalue weighted by Gasteiger charge is -2.38. The van der Waals surface area contributed by atoms with Crippen molar-refractivity contribution in [2.45, 2.75) is 45.1 Å². The van der Waals surface area contributed by atoms with Crippen LogP contribution in [-0.2, 0) is 6.42 Å². The minimum absolute atomic E-state index is 0.0933. The number of hydrogen-bond acceptors (Lipinski definition) is 2. The highest BCUT2D eigenvalue weighted by Crippen LogP contribution is 2.45. The normalized spacial score (nSPS) is 28.2. The zero-order chi connectivity index (χ0) is 11.8. The van der Waals surface area contributed by atoms with Crippen molar-refractivity contribution >= 4 is 0 Å². The van der Waals surface area contributed by atoms with Gasteiger partial charge >= 0.3 is 0 Å². The molecule has 0 aromatic heterocycles. The van der Waals surface area contributed by atoms with Gasteiger partial charge in [-0.05, 0) is 42.4 Å². The van der Waals surface area contributed by atoms with Gasteiger partial charge in [0.1, 0.15) is 5.75 Å². The second-order valence-corrected chi connectivity index (χ2v) is 5.74. The van der Waals surface area contributed by atoms with Gasteiger partial charge in [-0.3, -0.25) is 0 Å². The minimum Gasteiger partial charge on any atom is -0.508 e. The molecule has 3 N–H and O–H groups in total. The van der Waals surface area contributed by atoms with Crippen molar-refractivity contribution in [3.8, 4) is 5.75 Å². The maximum Gasteiger partial charge on any atom is 0.115 e. The van der Waals surface area contributed by atoms with Gasteiger partial charge in [0.05, 0.1) is 0 Å². The van der Waals surface area contributed by atoms with E-state index >= 15 is 0 Å². The minimum atomic E-state index is -0.0933. The van der Waals surface area contributed by atoms with Crippen LogP contribution >= 0.6 is 0 Å². The Balaban J connectivity index is 2.18. The summed E-state index contributed by atoms with van der Waals surface area (Å²) in [5.41, 5.74) is 7.88. The first-order valence-corrected chi connectivity index (χ1v) is 6.00. The van der Waals surface area contributed by atoms with Crippen LogP contribution in [0, 0.1) is 5.41 Å². The molecule has 88 valence electrons. The van der Waals surface area contributed by atoms with E-state index in [4.69, 9.17) is 5.73 Å². The first-order chi connectivity index (χ1) is 7.43. The summed E-state index contributed by atoms with van der Waals surface area (Å²) < 4.78 is 0. The van der Waals surface area contributed by atoms with Crippen LogP contribution in [0.15, 0.2) is 24.3 Å². The van der Waals surface area contributed by atoms with Crippen LogP contribution in [0.1, 0.15) is 38.7 Å². The summed E-state index contributed by atoms with van der Waals surface area (Å²) in [6, 6.07) is 7.41. The maximum atomic E-state index is 9.25. The molecule has 1 aliphatic rings. The summed E-state index contributed by atoms with van der Waals surface area (Å²) in [5.74, 6) is 0.320. The fourth-order valence-corrected chi connectivity index (χ4v) is 2.74. The van der Waals surface area contributed by atoms with Crippen molar-refractivity contribution < 1.29 is 5.11 Å². The summed E-state index contributed by atoms with van der Waals surface area (Å²) in [6.45, 7) is 4.53. The Hall–Kier alpha value is -1.02. The molecule has 2 nitrogen and oxygen atoms in total. The average molecular weight is 219 g/mol. The number of hydrogen-bond donors (Lipinski definition) is 2. The molecule has 1 unspecified atom stereocenters. The zero-order valence-corrected chi connectivity index (χ0v) is 10.2. The van der Waals surface area contributed by atoms with Crippen LogP contribution in [-0.4, -0.2) is 10.6 Å². The van der Waals surface area contributed by atoms with E-state index in [1.165, 1.54) is 18.4 Å². The molecule has 1 fully saturated rings. The van der Waals surface area contributed by atoms with Gasteiger partial charge in [0.2, 0.25) is 0 Å². The summed E-state index contributed by atoms with van der Waals surface area (Å²) in [6.07, 6.45) is 4.43. The number of benzene rings is 1. The second-order valence-electron chi connectivity index (χ2n) is 5.74. The molecule has 2 rings (SSSR count). The molecule has 0 aliphatic heterocycles. The molecule has 16 heavy (non-hydrogen) atoms. The smallest absolute Gasteiger partial charge is 0.115 e. The summed E-state index contributed by atoms with van der Waals surface area (Å²) in [5, 5.41) is 9.25. The third kappa shape index (κ3) is 1.94. The molecule has 0 radical (unpaired) electrons. The Morgan fingerprint density at radius 3 is 2.31 bits per heavy atom. The first-order valence-electron chi connectivity index (χ1n) is 6.00. The van der Waals surface area contributed by atoms with Crippen LogP contribution in [0.2, 0.25) is 0 Å². The van der Waals surface area contributed by atoms with Gasteiger partial charge < -0.3 is 10.8 Å². The SMILES string of the molecule is CC1(C)CCCC1(N)Cc1ccc(O)cc1. The van der Waals surface area contributed by atoms with Crippen molar-refractivity contribution in [2.24, 2.45) is 11.1 Å². The quantitative estimate of drug-likeness (QED) is 0.803. The number of phenolic OH excluding ortho intramolecular Hbond substituents is 1. The van der Waals surface area contributed by atoms with Gasteiger partial charge in [0, 0.05) is 5.54 Å². The van der Waals surface area contributed by atoms with E-state index in [1.807, 2.05) is 12.1 Å². The van der Waals surface area contributed by atoms with Gasteiger partial charge in [-0.2, -0.15) is 0 Å². The Labute approximate surface area is 97.5 Å². The Kier molecular flexibility index (Phi) is 2.70. The Morgan fingerprint density at radius 1 is 1.19 bits per heavy atom. The molecule has 1 aromatic carbocycles. The predicted octanol–water partition coefficient (Wildman–Crippen LogP) is 2.84. The highest BCUT2D eigenvalue weighted by molar-refractivity contribution is 5.28. The average Bonchev–Trinajstić information content (AvgIpc) is 2.45. The van der Waals surface area contributed by atoms with Gasteiger partial charge in [-0.25, -0.2) is 0 Å². The van der Waals surface area contributed by atoms with Gasteiger partial charge in [-0.1, -0.05) is 32.4 Å². The fraction of sp³-hybridized carbons (Fsp3) is 0.571. The molecule has 1 atom stereocenters. The van der Waals surface area contributed by atoms with Crippen molar-refractivity contribution in [1.82, 2.24) is 0 Å². The number of phenols is 1. The van der Waals surface area contributed by atoms with Crippen molar-refractivity contribution in [3.63, 3.8) is 0 Å². The Morgan fingerprint density at radius 2 is 1.81 bits per heavy atom. The fourth-order valence-electron chi connectivity index (χ4n) is 2.74. The third-order valence-corrected chi connectivity index (χ3v) is 4.23. The van der Waals surface area contributed by atoms with Crippen LogP contribution < -0.4 is 5.73 Å². The zero-order valence-electron chi connectivity index (χ0n) is 10.2. The van der Waals surface area contributed by atoms with E-state index in [1.54, 1.807) is 12.1 Å². The van der Waals surface area contributed by atoms with Crippen molar-refractivity contribution in [1.29, 1.82) is 0 Å². The lowest BCUT2D eigenvalue weighted by molar-refractivity contribution is 0.207. The number of aromatic hydroxyl groups is 1. The molecule has 0 spiro atoms. The van der Waals surface area contributed by atoms with E-state index in [-0.39, 0.29) is 11.0 Å². The van der Waals surface area contributed by atoms with Crippen LogP contribution in [0.25, 0.3) is 0 Å². The monoisotopic (exact) mass is 219 g/mol. The van der Waals surface area contributed by atoms with E-state index in [0.717, 1.165) is 12.8 Å². The van der Waals surface area contributed by atoms with E-state index in [9.17, 15) is 5.11 Å². The van der Waals surface area contributed by atoms with Crippen molar-refractivity contribution in [2.75, 3.05) is 0 Å². The largest absolute Gasteiger partial charge is 0.508 e. The van der Waals surface area contributed by atoms with Crippen molar-refractivity contribution in [3.05, 3.63) is 29.8 Å². The molecular weight excluding hydrogens is 198 g/mol.